The predicted molar refractivity (Wildman–Crippen MR) is 87.1 cm³/mol. The van der Waals surface area contributed by atoms with E-state index >= 15 is 0 Å². The Bertz CT molecular complexity index is 655. The van der Waals surface area contributed by atoms with Crippen molar-refractivity contribution >= 4 is 5.69 Å². The van der Waals surface area contributed by atoms with Gasteiger partial charge in [0, 0.05) is 18.2 Å². The molecule has 3 rings (SSSR count). The third-order valence-corrected chi connectivity index (χ3v) is 4.32. The molecule has 0 heterocycles. The van der Waals surface area contributed by atoms with Gasteiger partial charge >= 0.3 is 0 Å². The number of nitro benzene ring substituents is 1. The average Bonchev–Trinajstić information content (AvgIpc) is 2.55. The van der Waals surface area contributed by atoms with Crippen LogP contribution in [0.2, 0.25) is 0 Å². The topological polar surface area (TPSA) is 55.2 Å². The summed E-state index contributed by atoms with van der Waals surface area (Å²) in [5.41, 5.74) is 3.91. The summed E-state index contributed by atoms with van der Waals surface area (Å²) >= 11 is 0. The second kappa shape index (κ2) is 6.71. The summed E-state index contributed by atoms with van der Waals surface area (Å²) in [7, 11) is 0. The van der Waals surface area contributed by atoms with Crippen LogP contribution in [0, 0.1) is 10.1 Å². The van der Waals surface area contributed by atoms with Gasteiger partial charge in [-0.15, -0.1) is 0 Å². The molecule has 1 unspecified atom stereocenters. The second-order valence-corrected chi connectivity index (χ2v) is 5.84. The fourth-order valence-corrected chi connectivity index (χ4v) is 3.10. The summed E-state index contributed by atoms with van der Waals surface area (Å²) in [4.78, 5) is 10.6. The standard InChI is InChI=1S/C18H20N2O2/c21-20(22)18-9-7-15-6-8-17(12-16(15)13-18)19-11-10-14-4-2-1-3-5-14/h1-5,7,9,13,17,19H,6,8,10-12H2. The lowest BCUT2D eigenvalue weighted by Gasteiger charge is -2.25. The normalized spacial score (nSPS) is 17.0. The molecule has 2 aromatic rings. The lowest BCUT2D eigenvalue weighted by Crippen LogP contribution is -2.35. The Morgan fingerprint density at radius 3 is 2.73 bits per heavy atom. The van der Waals surface area contributed by atoms with E-state index in [0.717, 1.165) is 37.8 Å². The van der Waals surface area contributed by atoms with Gasteiger partial charge in [-0.2, -0.15) is 0 Å². The van der Waals surface area contributed by atoms with Gasteiger partial charge in [0.15, 0.2) is 0 Å². The molecule has 1 N–H and O–H groups in total. The van der Waals surface area contributed by atoms with E-state index < -0.39 is 0 Å². The van der Waals surface area contributed by atoms with Crippen molar-refractivity contribution in [2.24, 2.45) is 0 Å². The van der Waals surface area contributed by atoms with E-state index in [0.29, 0.717) is 6.04 Å². The number of nitrogens with one attached hydrogen (secondary N) is 1. The molecular formula is C18H20N2O2. The molecule has 0 radical (unpaired) electrons. The molecule has 0 fully saturated rings. The first kappa shape index (κ1) is 14.7. The van der Waals surface area contributed by atoms with E-state index in [2.05, 4.69) is 29.6 Å². The van der Waals surface area contributed by atoms with Gasteiger partial charge < -0.3 is 5.32 Å². The van der Waals surface area contributed by atoms with Crippen molar-refractivity contribution in [1.82, 2.24) is 5.32 Å². The van der Waals surface area contributed by atoms with Crippen molar-refractivity contribution in [3.63, 3.8) is 0 Å². The number of fused-ring (bicyclic) bond motifs is 1. The molecule has 0 spiro atoms. The van der Waals surface area contributed by atoms with E-state index in [1.807, 2.05) is 12.1 Å². The van der Waals surface area contributed by atoms with Crippen LogP contribution in [0.3, 0.4) is 0 Å². The Labute approximate surface area is 130 Å². The maximum absolute atomic E-state index is 10.9. The Morgan fingerprint density at radius 2 is 1.95 bits per heavy atom. The highest BCUT2D eigenvalue weighted by Gasteiger charge is 2.20. The van der Waals surface area contributed by atoms with Crippen LogP contribution in [-0.2, 0) is 19.3 Å². The van der Waals surface area contributed by atoms with Gasteiger partial charge in [0.2, 0.25) is 0 Å². The van der Waals surface area contributed by atoms with Crippen LogP contribution in [0.25, 0.3) is 0 Å². The summed E-state index contributed by atoms with van der Waals surface area (Å²) in [6, 6.07) is 16.1. The Balaban J connectivity index is 1.57. The minimum atomic E-state index is -0.313. The fourth-order valence-electron chi connectivity index (χ4n) is 3.10. The number of nitro groups is 1. The molecule has 2 aromatic carbocycles. The largest absolute Gasteiger partial charge is 0.313 e. The fraction of sp³-hybridized carbons (Fsp3) is 0.333. The number of nitrogens with zero attached hydrogens (tertiary/aromatic N) is 1. The molecule has 114 valence electrons. The van der Waals surface area contributed by atoms with Gasteiger partial charge in [-0.1, -0.05) is 36.4 Å². The smallest absolute Gasteiger partial charge is 0.269 e. The zero-order valence-corrected chi connectivity index (χ0v) is 12.5. The Kier molecular flexibility index (Phi) is 4.49. The summed E-state index contributed by atoms with van der Waals surface area (Å²) in [5, 5.41) is 14.5. The Morgan fingerprint density at radius 1 is 1.14 bits per heavy atom. The van der Waals surface area contributed by atoms with Crippen molar-refractivity contribution in [1.29, 1.82) is 0 Å². The van der Waals surface area contributed by atoms with Gasteiger partial charge in [-0.25, -0.2) is 0 Å². The summed E-state index contributed by atoms with van der Waals surface area (Å²) in [6.45, 7) is 0.943. The van der Waals surface area contributed by atoms with Gasteiger partial charge in [-0.05, 0) is 48.9 Å². The lowest BCUT2D eigenvalue weighted by molar-refractivity contribution is -0.384. The first-order valence-electron chi connectivity index (χ1n) is 7.76. The Hall–Kier alpha value is -2.20. The number of hydrogen-bond donors (Lipinski definition) is 1. The van der Waals surface area contributed by atoms with Crippen molar-refractivity contribution in [3.8, 4) is 0 Å². The van der Waals surface area contributed by atoms with Crippen LogP contribution in [-0.4, -0.2) is 17.5 Å². The van der Waals surface area contributed by atoms with Crippen LogP contribution in [0.15, 0.2) is 48.5 Å². The first-order chi connectivity index (χ1) is 10.7. The lowest BCUT2D eigenvalue weighted by atomic mass is 9.88. The van der Waals surface area contributed by atoms with Crippen molar-refractivity contribution in [2.75, 3.05) is 6.54 Å². The van der Waals surface area contributed by atoms with Crippen molar-refractivity contribution in [2.45, 2.75) is 31.7 Å². The second-order valence-electron chi connectivity index (χ2n) is 5.84. The molecule has 0 aromatic heterocycles. The van der Waals surface area contributed by atoms with E-state index in [4.69, 9.17) is 0 Å². The molecular weight excluding hydrogens is 276 g/mol. The highest BCUT2D eigenvalue weighted by molar-refractivity contribution is 5.41. The zero-order chi connectivity index (χ0) is 15.4. The number of aryl methyl sites for hydroxylation is 1. The van der Waals surface area contributed by atoms with Gasteiger partial charge in [-0.3, -0.25) is 10.1 Å². The molecule has 1 aliphatic rings. The minimum absolute atomic E-state index is 0.198. The van der Waals surface area contributed by atoms with Crippen LogP contribution in [0.5, 0.6) is 0 Å². The monoisotopic (exact) mass is 296 g/mol. The zero-order valence-electron chi connectivity index (χ0n) is 12.5. The van der Waals surface area contributed by atoms with Crippen molar-refractivity contribution < 1.29 is 4.92 Å². The molecule has 22 heavy (non-hydrogen) atoms. The highest BCUT2D eigenvalue weighted by atomic mass is 16.6. The number of rotatable bonds is 5. The average molecular weight is 296 g/mol. The molecule has 1 aliphatic carbocycles. The quantitative estimate of drug-likeness (QED) is 0.680. The molecule has 0 bridgehead atoms. The van der Waals surface area contributed by atoms with Gasteiger partial charge in [0.25, 0.3) is 5.69 Å². The molecule has 1 atom stereocenters. The maximum atomic E-state index is 10.9. The van der Waals surface area contributed by atoms with Crippen LogP contribution in [0.4, 0.5) is 5.69 Å². The van der Waals surface area contributed by atoms with Crippen LogP contribution in [0.1, 0.15) is 23.1 Å². The van der Waals surface area contributed by atoms with E-state index in [1.54, 1.807) is 12.1 Å². The third kappa shape index (κ3) is 3.52. The van der Waals surface area contributed by atoms with Crippen molar-refractivity contribution in [3.05, 3.63) is 75.3 Å². The number of hydrogen-bond acceptors (Lipinski definition) is 3. The molecule has 4 heteroatoms. The first-order valence-corrected chi connectivity index (χ1v) is 7.76. The molecule has 0 amide bonds. The number of benzene rings is 2. The number of non-ortho nitro benzene ring substituents is 1. The summed E-state index contributed by atoms with van der Waals surface area (Å²) < 4.78 is 0. The molecule has 0 saturated carbocycles. The maximum Gasteiger partial charge on any atom is 0.269 e. The van der Waals surface area contributed by atoms with E-state index in [9.17, 15) is 10.1 Å². The minimum Gasteiger partial charge on any atom is -0.313 e. The molecule has 0 saturated heterocycles. The predicted octanol–water partition coefficient (Wildman–Crippen LogP) is 3.28. The van der Waals surface area contributed by atoms with Crippen LogP contribution >= 0.6 is 0 Å². The highest BCUT2D eigenvalue weighted by Crippen LogP contribution is 2.25. The molecule has 0 aliphatic heterocycles. The van der Waals surface area contributed by atoms with Gasteiger partial charge in [0.1, 0.15) is 0 Å². The van der Waals surface area contributed by atoms with Gasteiger partial charge in [0.05, 0.1) is 4.92 Å². The summed E-state index contributed by atoms with van der Waals surface area (Å²) in [5.74, 6) is 0. The van der Waals surface area contributed by atoms with E-state index in [1.165, 1.54) is 11.1 Å². The third-order valence-electron chi connectivity index (χ3n) is 4.32. The van der Waals surface area contributed by atoms with E-state index in [-0.39, 0.29) is 10.6 Å². The SMILES string of the molecule is O=[N+]([O-])c1ccc2c(c1)CC(NCCc1ccccc1)CC2. The summed E-state index contributed by atoms with van der Waals surface area (Å²) in [6.07, 6.45) is 3.99. The molecule has 4 nitrogen and oxygen atoms in total. The van der Waals surface area contributed by atoms with Crippen LogP contribution < -0.4 is 5.32 Å².